The van der Waals surface area contributed by atoms with Gasteiger partial charge in [0, 0.05) is 35.8 Å². The Morgan fingerprint density at radius 1 is 1.00 bits per heavy atom. The summed E-state index contributed by atoms with van der Waals surface area (Å²) in [7, 11) is 0. The number of hydrogen-bond donors (Lipinski definition) is 1. The summed E-state index contributed by atoms with van der Waals surface area (Å²) in [5.41, 5.74) is -2.47. The number of aryl methyl sites for hydroxylation is 1. The van der Waals surface area contributed by atoms with Gasteiger partial charge in [0.05, 0.1) is 10.4 Å². The first-order valence-electron chi connectivity index (χ1n) is 9.79. The van der Waals surface area contributed by atoms with Crippen molar-refractivity contribution in [2.24, 2.45) is 0 Å². The van der Waals surface area contributed by atoms with Gasteiger partial charge in [0.2, 0.25) is 5.60 Å². The number of non-ortho nitro benzene ring substituents is 1. The van der Waals surface area contributed by atoms with Gasteiger partial charge in [-0.1, -0.05) is 60.2 Å². The largest absolute Gasteiger partial charge is 0.425 e. The number of nitrogens with zero attached hydrogens (tertiary/aromatic N) is 2. The molecule has 164 valence electrons. The maximum atomic E-state index is 14.4. The molecule has 0 radical (unpaired) electrons. The molecule has 4 rings (SSSR count). The van der Waals surface area contributed by atoms with Crippen LogP contribution in [0, 0.1) is 17.0 Å². The van der Waals surface area contributed by atoms with Gasteiger partial charge in [0.25, 0.3) is 5.69 Å². The third-order valence-electron chi connectivity index (χ3n) is 5.54. The average molecular weight is 440 g/mol. The molecule has 1 atom stereocenters. The lowest BCUT2D eigenvalue weighted by molar-refractivity contribution is -0.384. The number of alkyl halides is 3. The molecule has 0 bridgehead atoms. The summed E-state index contributed by atoms with van der Waals surface area (Å²) in [5.74, 6) is 0. The van der Waals surface area contributed by atoms with Crippen molar-refractivity contribution >= 4 is 16.6 Å². The fourth-order valence-corrected chi connectivity index (χ4v) is 3.86. The highest BCUT2D eigenvalue weighted by Gasteiger charge is 2.57. The Balaban J connectivity index is 1.99. The highest BCUT2D eigenvalue weighted by Crippen LogP contribution is 2.47. The quantitative estimate of drug-likeness (QED) is 0.320. The lowest BCUT2D eigenvalue weighted by Crippen LogP contribution is -2.43. The second-order valence-corrected chi connectivity index (χ2v) is 7.69. The van der Waals surface area contributed by atoms with Crippen LogP contribution < -0.4 is 0 Å². The molecule has 1 heterocycles. The molecule has 8 heteroatoms. The second-order valence-electron chi connectivity index (χ2n) is 7.69. The molecule has 0 fully saturated rings. The molecule has 1 N–H and O–H groups in total. The van der Waals surface area contributed by atoms with Crippen LogP contribution in [0.1, 0.15) is 22.3 Å². The number of aromatic nitrogens is 1. The zero-order valence-corrected chi connectivity index (χ0v) is 17.0. The number of nitro groups is 1. The summed E-state index contributed by atoms with van der Waals surface area (Å²) in [5, 5.41) is 22.6. The van der Waals surface area contributed by atoms with E-state index in [-0.39, 0.29) is 34.3 Å². The van der Waals surface area contributed by atoms with E-state index in [9.17, 15) is 28.4 Å². The molecule has 0 spiro atoms. The molecular formula is C24H19F3N2O3. The number of fused-ring (bicyclic) bond motifs is 1. The molecule has 0 saturated heterocycles. The molecule has 5 nitrogen and oxygen atoms in total. The van der Waals surface area contributed by atoms with Crippen molar-refractivity contribution in [3.8, 4) is 0 Å². The van der Waals surface area contributed by atoms with Crippen LogP contribution in [0.15, 0.2) is 79.0 Å². The van der Waals surface area contributed by atoms with Crippen LogP contribution in [-0.2, 0) is 12.1 Å². The number of benzene rings is 3. The van der Waals surface area contributed by atoms with Gasteiger partial charge in [-0.15, -0.1) is 0 Å². The Morgan fingerprint density at radius 3 is 2.25 bits per heavy atom. The first kappa shape index (κ1) is 21.6. The minimum atomic E-state index is -5.03. The highest BCUT2D eigenvalue weighted by atomic mass is 19.4. The van der Waals surface area contributed by atoms with Gasteiger partial charge in [0.15, 0.2) is 0 Å². The standard InChI is InChI=1S/C24H19F3N2O3/c1-16-7-9-18(10-8-16)23(30,24(25,26)27)21-15-28(14-17-5-3-2-4-6-17)22-13-19(29(31)32)11-12-20(21)22/h2-13,15,30H,14H2,1H3. The number of aliphatic hydroxyl groups is 1. The van der Waals surface area contributed by atoms with Crippen molar-refractivity contribution in [3.05, 3.63) is 111 Å². The molecule has 0 aliphatic rings. The lowest BCUT2D eigenvalue weighted by Gasteiger charge is -2.31. The highest BCUT2D eigenvalue weighted by molar-refractivity contribution is 5.87. The van der Waals surface area contributed by atoms with E-state index in [1.54, 1.807) is 31.2 Å². The van der Waals surface area contributed by atoms with Crippen LogP contribution in [0.3, 0.4) is 0 Å². The minimum absolute atomic E-state index is 0.0898. The summed E-state index contributed by atoms with van der Waals surface area (Å²) in [6, 6.07) is 18.1. The second kappa shape index (κ2) is 7.80. The molecule has 3 aromatic carbocycles. The number of halogens is 3. The van der Waals surface area contributed by atoms with Crippen molar-refractivity contribution in [3.63, 3.8) is 0 Å². The molecule has 1 aromatic heterocycles. The normalized spacial score (nSPS) is 13.8. The third-order valence-corrected chi connectivity index (χ3v) is 5.54. The Labute approximate surface area is 181 Å². The summed E-state index contributed by atoms with van der Waals surface area (Å²) in [4.78, 5) is 10.7. The first-order valence-corrected chi connectivity index (χ1v) is 9.79. The van der Waals surface area contributed by atoms with Crippen LogP contribution in [-0.4, -0.2) is 20.8 Å². The fourth-order valence-electron chi connectivity index (χ4n) is 3.86. The fraction of sp³-hybridized carbons (Fsp3) is 0.167. The third kappa shape index (κ3) is 3.62. The van der Waals surface area contributed by atoms with Gasteiger partial charge >= 0.3 is 6.18 Å². The zero-order valence-electron chi connectivity index (χ0n) is 17.0. The van der Waals surface area contributed by atoms with Gasteiger partial charge in [-0.05, 0) is 24.1 Å². The van der Waals surface area contributed by atoms with Crippen molar-refractivity contribution in [1.29, 1.82) is 0 Å². The Morgan fingerprint density at radius 2 is 1.66 bits per heavy atom. The van der Waals surface area contributed by atoms with E-state index in [1.807, 2.05) is 6.07 Å². The van der Waals surface area contributed by atoms with Crippen LogP contribution in [0.25, 0.3) is 10.9 Å². The van der Waals surface area contributed by atoms with Crippen molar-refractivity contribution in [2.45, 2.75) is 25.2 Å². The summed E-state index contributed by atoms with van der Waals surface area (Å²) >= 11 is 0. The Hall–Kier alpha value is -3.65. The van der Waals surface area contributed by atoms with Gasteiger partial charge in [-0.2, -0.15) is 13.2 Å². The predicted octanol–water partition coefficient (Wildman–Crippen LogP) is 5.70. The summed E-state index contributed by atoms with van der Waals surface area (Å²) < 4.78 is 44.6. The van der Waals surface area contributed by atoms with E-state index in [1.165, 1.54) is 47.2 Å². The molecule has 0 saturated carbocycles. The Kier molecular flexibility index (Phi) is 5.26. The van der Waals surface area contributed by atoms with Crippen molar-refractivity contribution in [1.82, 2.24) is 4.57 Å². The van der Waals surface area contributed by atoms with E-state index >= 15 is 0 Å². The number of rotatable bonds is 5. The molecular weight excluding hydrogens is 421 g/mol. The van der Waals surface area contributed by atoms with Crippen LogP contribution >= 0.6 is 0 Å². The smallest absolute Gasteiger partial charge is 0.372 e. The minimum Gasteiger partial charge on any atom is -0.372 e. The van der Waals surface area contributed by atoms with Gasteiger partial charge in [-0.25, -0.2) is 0 Å². The number of hydrogen-bond acceptors (Lipinski definition) is 3. The molecule has 0 aliphatic heterocycles. The van der Waals surface area contributed by atoms with E-state index in [0.717, 1.165) is 17.2 Å². The molecule has 4 aromatic rings. The predicted molar refractivity (Wildman–Crippen MR) is 114 cm³/mol. The van der Waals surface area contributed by atoms with E-state index < -0.39 is 16.7 Å². The van der Waals surface area contributed by atoms with Crippen LogP contribution in [0.2, 0.25) is 0 Å². The maximum absolute atomic E-state index is 14.4. The van der Waals surface area contributed by atoms with Gasteiger partial charge < -0.3 is 9.67 Å². The molecule has 0 amide bonds. The topological polar surface area (TPSA) is 68.3 Å². The van der Waals surface area contributed by atoms with Crippen LogP contribution in [0.5, 0.6) is 0 Å². The van der Waals surface area contributed by atoms with Gasteiger partial charge in [-0.3, -0.25) is 10.1 Å². The zero-order chi connectivity index (χ0) is 23.1. The summed E-state index contributed by atoms with van der Waals surface area (Å²) in [6.07, 6.45) is -3.80. The average Bonchev–Trinajstić information content (AvgIpc) is 3.11. The van der Waals surface area contributed by atoms with Gasteiger partial charge in [0.1, 0.15) is 0 Å². The molecule has 1 unspecified atom stereocenters. The van der Waals surface area contributed by atoms with Crippen molar-refractivity contribution in [2.75, 3.05) is 0 Å². The summed E-state index contributed by atoms with van der Waals surface area (Å²) in [6.45, 7) is 1.92. The molecule has 32 heavy (non-hydrogen) atoms. The Bertz CT molecular complexity index is 1280. The monoisotopic (exact) mass is 440 g/mol. The van der Waals surface area contributed by atoms with Crippen LogP contribution in [0.4, 0.5) is 18.9 Å². The van der Waals surface area contributed by atoms with E-state index in [0.29, 0.717) is 0 Å². The SMILES string of the molecule is Cc1ccc(C(O)(c2cn(Cc3ccccc3)c3cc([N+](=O)[O-])ccc23)C(F)(F)F)cc1. The van der Waals surface area contributed by atoms with E-state index in [2.05, 4.69) is 0 Å². The molecule has 0 aliphatic carbocycles. The van der Waals surface area contributed by atoms with Crippen molar-refractivity contribution < 1.29 is 23.2 Å². The number of nitro benzene ring substituents is 1. The lowest BCUT2D eigenvalue weighted by atomic mass is 9.85. The first-order chi connectivity index (χ1) is 15.1. The van der Waals surface area contributed by atoms with E-state index in [4.69, 9.17) is 0 Å². The maximum Gasteiger partial charge on any atom is 0.425 e.